The highest BCUT2D eigenvalue weighted by Gasteiger charge is 2.33. The quantitative estimate of drug-likeness (QED) is 0.788. The molecule has 0 amide bonds. The number of hydrogen-bond acceptors (Lipinski definition) is 3. The Bertz CT molecular complexity index is 454. The third kappa shape index (κ3) is 3.79. The van der Waals surface area contributed by atoms with E-state index < -0.39 is 12.1 Å². The third-order valence-corrected chi connectivity index (χ3v) is 2.17. The zero-order valence-corrected chi connectivity index (χ0v) is 9.56. The summed E-state index contributed by atoms with van der Waals surface area (Å²) in [7, 11) is 0. The van der Waals surface area contributed by atoms with E-state index in [0.29, 0.717) is 5.69 Å². The zero-order valence-electron chi connectivity index (χ0n) is 8.81. The molecule has 0 spiro atoms. The maximum absolute atomic E-state index is 12.2. The standard InChI is InChI=1S/C10H8ClF3N2O/c1-6-9(17-10(12,13)14)7(2-3-15)4-8(5-11)16-6/h4H,2,5H2,1H3. The average molecular weight is 265 g/mol. The molecule has 3 nitrogen and oxygen atoms in total. The van der Waals surface area contributed by atoms with Crippen LogP contribution in [0.3, 0.4) is 0 Å². The van der Waals surface area contributed by atoms with E-state index in [4.69, 9.17) is 16.9 Å². The summed E-state index contributed by atoms with van der Waals surface area (Å²) in [6.07, 6.45) is -5.00. The summed E-state index contributed by atoms with van der Waals surface area (Å²) < 4.78 is 40.4. The van der Waals surface area contributed by atoms with Gasteiger partial charge in [-0.25, -0.2) is 0 Å². The molecule has 1 aromatic rings. The minimum atomic E-state index is -4.81. The topological polar surface area (TPSA) is 45.9 Å². The van der Waals surface area contributed by atoms with E-state index in [2.05, 4.69) is 9.72 Å². The minimum absolute atomic E-state index is 0.0609. The number of pyridine rings is 1. The summed E-state index contributed by atoms with van der Waals surface area (Å²) in [5.74, 6) is -0.362. The molecule has 0 N–H and O–H groups in total. The molecule has 0 unspecified atom stereocenters. The van der Waals surface area contributed by atoms with Gasteiger partial charge in [0.25, 0.3) is 0 Å². The van der Waals surface area contributed by atoms with E-state index in [9.17, 15) is 13.2 Å². The zero-order chi connectivity index (χ0) is 13.1. The van der Waals surface area contributed by atoms with Gasteiger partial charge in [0.2, 0.25) is 0 Å². The van der Waals surface area contributed by atoms with Crippen LogP contribution in [0.2, 0.25) is 0 Å². The van der Waals surface area contributed by atoms with Gasteiger partial charge in [0.1, 0.15) is 0 Å². The molecule has 1 rings (SSSR count). The number of aromatic nitrogens is 1. The van der Waals surface area contributed by atoms with Gasteiger partial charge >= 0.3 is 6.36 Å². The van der Waals surface area contributed by atoms with Crippen molar-refractivity contribution in [1.82, 2.24) is 4.98 Å². The Labute approximate surface area is 101 Å². The first-order chi connectivity index (χ1) is 7.87. The molecule has 0 saturated heterocycles. The first-order valence-electron chi connectivity index (χ1n) is 4.55. The maximum atomic E-state index is 12.2. The summed E-state index contributed by atoms with van der Waals surface area (Å²) in [4.78, 5) is 3.85. The van der Waals surface area contributed by atoms with Crippen LogP contribution in [0.25, 0.3) is 0 Å². The molecule has 0 aliphatic carbocycles. The number of alkyl halides is 4. The molecule has 0 bridgehead atoms. The van der Waals surface area contributed by atoms with Crippen molar-refractivity contribution < 1.29 is 17.9 Å². The van der Waals surface area contributed by atoms with Gasteiger partial charge in [0.15, 0.2) is 5.75 Å². The molecule has 0 radical (unpaired) electrons. The second-order valence-electron chi connectivity index (χ2n) is 3.20. The fourth-order valence-electron chi connectivity index (χ4n) is 1.34. The van der Waals surface area contributed by atoms with Crippen LogP contribution in [-0.4, -0.2) is 11.3 Å². The Morgan fingerprint density at radius 2 is 2.18 bits per heavy atom. The Morgan fingerprint density at radius 3 is 2.65 bits per heavy atom. The van der Waals surface area contributed by atoms with Gasteiger partial charge < -0.3 is 4.74 Å². The van der Waals surface area contributed by atoms with Gasteiger partial charge in [-0.05, 0) is 13.0 Å². The highest BCUT2D eigenvalue weighted by molar-refractivity contribution is 6.16. The summed E-state index contributed by atoms with van der Waals surface area (Å²) in [6.45, 7) is 1.37. The van der Waals surface area contributed by atoms with Crippen molar-refractivity contribution >= 4 is 11.6 Å². The van der Waals surface area contributed by atoms with E-state index >= 15 is 0 Å². The van der Waals surface area contributed by atoms with E-state index in [-0.39, 0.29) is 23.6 Å². The Kier molecular flexibility index (Phi) is 4.18. The number of ether oxygens (including phenoxy) is 1. The van der Waals surface area contributed by atoms with Crippen molar-refractivity contribution in [1.29, 1.82) is 5.26 Å². The SMILES string of the molecule is Cc1nc(CCl)cc(CC#N)c1OC(F)(F)F. The molecule has 92 valence electrons. The van der Waals surface area contributed by atoms with Gasteiger partial charge in [-0.15, -0.1) is 24.8 Å². The molecule has 0 atom stereocenters. The molecular weight excluding hydrogens is 257 g/mol. The Balaban J connectivity index is 3.22. The molecular formula is C10H8ClF3N2O. The van der Waals surface area contributed by atoms with Crippen LogP contribution in [0.4, 0.5) is 13.2 Å². The molecule has 0 aliphatic heterocycles. The predicted molar refractivity (Wildman–Crippen MR) is 54.5 cm³/mol. The number of aryl methyl sites for hydroxylation is 1. The maximum Gasteiger partial charge on any atom is 0.573 e. The van der Waals surface area contributed by atoms with Crippen LogP contribution in [0.1, 0.15) is 17.0 Å². The molecule has 0 fully saturated rings. The number of nitrogens with zero attached hydrogens (tertiary/aromatic N) is 2. The number of nitriles is 1. The molecule has 17 heavy (non-hydrogen) atoms. The summed E-state index contributed by atoms with van der Waals surface area (Å²) >= 11 is 5.55. The lowest BCUT2D eigenvalue weighted by atomic mass is 10.1. The fourth-order valence-corrected chi connectivity index (χ4v) is 1.47. The first-order valence-corrected chi connectivity index (χ1v) is 5.09. The number of halogens is 4. The first kappa shape index (κ1) is 13.6. The van der Waals surface area contributed by atoms with Crippen LogP contribution < -0.4 is 4.74 Å². The van der Waals surface area contributed by atoms with Crippen molar-refractivity contribution in [2.24, 2.45) is 0 Å². The van der Waals surface area contributed by atoms with Crippen molar-refractivity contribution in [2.75, 3.05) is 0 Å². The van der Waals surface area contributed by atoms with E-state index in [1.807, 2.05) is 0 Å². The number of rotatable bonds is 3. The highest BCUT2D eigenvalue weighted by Crippen LogP contribution is 2.30. The van der Waals surface area contributed by atoms with Gasteiger partial charge in [-0.3, -0.25) is 4.98 Å². The lowest BCUT2D eigenvalue weighted by molar-refractivity contribution is -0.275. The average Bonchev–Trinajstić information content (AvgIpc) is 2.21. The van der Waals surface area contributed by atoms with Crippen LogP contribution in [0.5, 0.6) is 5.75 Å². The minimum Gasteiger partial charge on any atom is -0.404 e. The van der Waals surface area contributed by atoms with Gasteiger partial charge in [0, 0.05) is 5.56 Å². The van der Waals surface area contributed by atoms with Gasteiger partial charge in [-0.2, -0.15) is 5.26 Å². The summed E-state index contributed by atoms with van der Waals surface area (Å²) in [5, 5.41) is 8.56. The molecule has 0 aliphatic rings. The largest absolute Gasteiger partial charge is 0.573 e. The summed E-state index contributed by atoms with van der Waals surface area (Å²) in [6, 6.07) is 3.11. The third-order valence-electron chi connectivity index (χ3n) is 1.90. The molecule has 0 saturated carbocycles. The van der Waals surface area contributed by atoms with Crippen molar-refractivity contribution in [3.63, 3.8) is 0 Å². The highest BCUT2D eigenvalue weighted by atomic mass is 35.5. The smallest absolute Gasteiger partial charge is 0.404 e. The van der Waals surface area contributed by atoms with Crippen molar-refractivity contribution in [2.45, 2.75) is 25.6 Å². The van der Waals surface area contributed by atoms with Crippen molar-refractivity contribution in [3.8, 4) is 11.8 Å². The molecule has 1 aromatic heterocycles. The van der Waals surface area contributed by atoms with Crippen LogP contribution in [-0.2, 0) is 12.3 Å². The Morgan fingerprint density at radius 1 is 1.53 bits per heavy atom. The van der Waals surface area contributed by atoms with Gasteiger partial charge in [0.05, 0.1) is 29.8 Å². The fraction of sp³-hybridized carbons (Fsp3) is 0.400. The van der Waals surface area contributed by atoms with E-state index in [1.165, 1.54) is 13.0 Å². The second kappa shape index (κ2) is 5.23. The van der Waals surface area contributed by atoms with Crippen LogP contribution in [0, 0.1) is 18.3 Å². The van der Waals surface area contributed by atoms with E-state index in [1.54, 1.807) is 6.07 Å². The predicted octanol–water partition coefficient (Wildman–Crippen LogP) is 3.09. The molecule has 7 heteroatoms. The lowest BCUT2D eigenvalue weighted by Gasteiger charge is -2.14. The Hall–Kier alpha value is -1.48. The normalized spacial score (nSPS) is 11.1. The molecule has 1 heterocycles. The number of hydrogen-bond donors (Lipinski definition) is 0. The van der Waals surface area contributed by atoms with Crippen molar-refractivity contribution in [3.05, 3.63) is 23.0 Å². The van der Waals surface area contributed by atoms with Crippen LogP contribution in [0.15, 0.2) is 6.07 Å². The van der Waals surface area contributed by atoms with Gasteiger partial charge in [-0.1, -0.05) is 0 Å². The van der Waals surface area contributed by atoms with E-state index in [0.717, 1.165) is 0 Å². The second-order valence-corrected chi connectivity index (χ2v) is 3.47. The molecule has 0 aromatic carbocycles. The van der Waals surface area contributed by atoms with Crippen LogP contribution >= 0.6 is 11.6 Å². The monoisotopic (exact) mass is 264 g/mol. The lowest BCUT2D eigenvalue weighted by Crippen LogP contribution is -2.19. The summed E-state index contributed by atoms with van der Waals surface area (Å²) in [5.41, 5.74) is 0.600.